The zero-order chi connectivity index (χ0) is 21.3. The number of nitrogens with one attached hydrogen (secondary N) is 1. The molecule has 2 aromatic carbocycles. The molecule has 0 saturated heterocycles. The number of benzene rings is 2. The largest absolute Gasteiger partial charge is 0.435 e. The maximum atomic E-state index is 13.9. The van der Waals surface area contributed by atoms with Crippen LogP contribution < -0.4 is 5.32 Å². The van der Waals surface area contributed by atoms with Gasteiger partial charge in [-0.05, 0) is 42.3 Å². The fourth-order valence-corrected chi connectivity index (χ4v) is 2.90. The maximum Gasteiger partial charge on any atom is 0.435 e. The van der Waals surface area contributed by atoms with Crippen LogP contribution in [0.1, 0.15) is 16.8 Å². The molecule has 0 saturated carbocycles. The summed E-state index contributed by atoms with van der Waals surface area (Å²) in [6.07, 6.45) is -4.16. The van der Waals surface area contributed by atoms with Gasteiger partial charge < -0.3 is 5.32 Å². The van der Waals surface area contributed by atoms with E-state index in [-0.39, 0.29) is 16.8 Å². The number of nitrogens with zero attached hydrogens (tertiary/aromatic N) is 2. The van der Waals surface area contributed by atoms with Gasteiger partial charge in [-0.2, -0.15) is 18.3 Å². The number of amides is 1. The molecule has 0 aliphatic rings. The maximum absolute atomic E-state index is 13.9. The highest BCUT2D eigenvalue weighted by atomic mass is 19.4. The lowest BCUT2D eigenvalue weighted by Crippen LogP contribution is -2.18. The van der Waals surface area contributed by atoms with Crippen molar-refractivity contribution >= 4 is 11.6 Å². The summed E-state index contributed by atoms with van der Waals surface area (Å²) < 4.78 is 67.8. The zero-order valence-corrected chi connectivity index (χ0v) is 15.4. The minimum Gasteiger partial charge on any atom is -0.325 e. The Hall–Kier alpha value is -3.23. The predicted molar refractivity (Wildman–Crippen MR) is 97.1 cm³/mol. The third-order valence-electron chi connectivity index (χ3n) is 4.26. The van der Waals surface area contributed by atoms with Crippen molar-refractivity contribution in [3.05, 3.63) is 71.1 Å². The van der Waals surface area contributed by atoms with Gasteiger partial charge in [-0.1, -0.05) is 12.1 Å². The Morgan fingerprint density at radius 2 is 1.86 bits per heavy atom. The third kappa shape index (κ3) is 4.61. The van der Waals surface area contributed by atoms with Gasteiger partial charge in [0, 0.05) is 30.1 Å². The molecule has 0 fully saturated rings. The molecule has 152 valence electrons. The number of alkyl halides is 3. The first kappa shape index (κ1) is 20.5. The van der Waals surface area contributed by atoms with Crippen LogP contribution in [-0.4, -0.2) is 15.7 Å². The Bertz CT molecular complexity index is 1070. The van der Waals surface area contributed by atoms with Crippen LogP contribution >= 0.6 is 0 Å². The Morgan fingerprint density at radius 1 is 1.14 bits per heavy atom. The molecule has 1 N–H and O–H groups in total. The lowest BCUT2D eigenvalue weighted by Gasteiger charge is -2.13. The lowest BCUT2D eigenvalue weighted by atomic mass is 10.0. The highest BCUT2D eigenvalue weighted by Crippen LogP contribution is 2.32. The lowest BCUT2D eigenvalue weighted by molar-refractivity contribution is -0.142. The van der Waals surface area contributed by atoms with Crippen molar-refractivity contribution in [2.45, 2.75) is 19.5 Å². The Morgan fingerprint density at radius 3 is 2.52 bits per heavy atom. The van der Waals surface area contributed by atoms with Crippen molar-refractivity contribution in [2.24, 2.45) is 7.05 Å². The number of rotatable bonds is 4. The number of carbonyl (C=O) groups is 1. The molecule has 0 bridgehead atoms. The van der Waals surface area contributed by atoms with Crippen LogP contribution in [0.3, 0.4) is 0 Å². The smallest absolute Gasteiger partial charge is 0.325 e. The standard InChI is InChI=1S/C20H16F5N3O/c1-11-3-4-12(7-16(11)22)15-9-14(21)5-6-17(15)26-18(29)8-13-10-28(2)27-19(13)20(23,24)25/h3-7,9-10H,8H2,1-2H3,(H,26,29). The van der Waals surface area contributed by atoms with Gasteiger partial charge in [-0.25, -0.2) is 8.78 Å². The molecule has 1 amide bonds. The molecule has 0 aliphatic heterocycles. The zero-order valence-electron chi connectivity index (χ0n) is 15.4. The third-order valence-corrected chi connectivity index (χ3v) is 4.26. The highest BCUT2D eigenvalue weighted by Gasteiger charge is 2.37. The van der Waals surface area contributed by atoms with E-state index < -0.39 is 35.8 Å². The molecular formula is C20H16F5N3O. The number of aromatic nitrogens is 2. The molecule has 3 rings (SSSR count). The van der Waals surface area contributed by atoms with Crippen LogP contribution in [0, 0.1) is 18.6 Å². The molecule has 29 heavy (non-hydrogen) atoms. The van der Waals surface area contributed by atoms with Crippen LogP contribution in [-0.2, 0) is 24.4 Å². The first-order valence-corrected chi connectivity index (χ1v) is 8.50. The van der Waals surface area contributed by atoms with Gasteiger partial charge in [0.05, 0.1) is 6.42 Å². The number of hydrogen-bond acceptors (Lipinski definition) is 2. The minimum absolute atomic E-state index is 0.150. The Kier molecular flexibility index (Phi) is 5.41. The number of hydrogen-bond donors (Lipinski definition) is 1. The van der Waals surface area contributed by atoms with Crippen LogP contribution in [0.15, 0.2) is 42.6 Å². The molecule has 0 radical (unpaired) electrons. The number of aryl methyl sites for hydroxylation is 2. The quantitative estimate of drug-likeness (QED) is 0.625. The summed E-state index contributed by atoms with van der Waals surface area (Å²) in [6.45, 7) is 1.57. The molecular weight excluding hydrogens is 393 g/mol. The fraction of sp³-hybridized carbons (Fsp3) is 0.200. The average Bonchev–Trinajstić information content (AvgIpc) is 2.99. The van der Waals surface area contributed by atoms with Crippen LogP contribution in [0.2, 0.25) is 0 Å². The van der Waals surface area contributed by atoms with E-state index in [2.05, 4.69) is 10.4 Å². The summed E-state index contributed by atoms with van der Waals surface area (Å²) >= 11 is 0. The Balaban J connectivity index is 1.89. The van der Waals surface area contributed by atoms with Gasteiger partial charge in [0.15, 0.2) is 5.69 Å². The number of carbonyl (C=O) groups excluding carboxylic acids is 1. The highest BCUT2D eigenvalue weighted by molar-refractivity contribution is 5.96. The van der Waals surface area contributed by atoms with E-state index >= 15 is 0 Å². The molecule has 9 heteroatoms. The van der Waals surface area contributed by atoms with Gasteiger partial charge >= 0.3 is 6.18 Å². The van der Waals surface area contributed by atoms with Crippen molar-refractivity contribution < 1.29 is 26.7 Å². The summed E-state index contributed by atoms with van der Waals surface area (Å²) in [5.74, 6) is -1.86. The molecule has 0 atom stereocenters. The van der Waals surface area contributed by atoms with E-state index in [0.29, 0.717) is 11.1 Å². The molecule has 4 nitrogen and oxygen atoms in total. The molecule has 0 unspecified atom stereocenters. The molecule has 0 aliphatic carbocycles. The normalized spacial score (nSPS) is 11.6. The summed E-state index contributed by atoms with van der Waals surface area (Å²) in [6, 6.07) is 7.74. The van der Waals surface area contributed by atoms with Gasteiger partial charge in [0.2, 0.25) is 5.91 Å². The van der Waals surface area contributed by atoms with E-state index in [1.807, 2.05) is 0 Å². The van der Waals surface area contributed by atoms with Crippen molar-refractivity contribution in [3.63, 3.8) is 0 Å². The monoisotopic (exact) mass is 409 g/mol. The second-order valence-electron chi connectivity index (χ2n) is 6.55. The van der Waals surface area contributed by atoms with E-state index in [1.165, 1.54) is 25.2 Å². The topological polar surface area (TPSA) is 46.9 Å². The molecule has 1 aromatic heterocycles. The van der Waals surface area contributed by atoms with Gasteiger partial charge in [-0.3, -0.25) is 9.48 Å². The van der Waals surface area contributed by atoms with Crippen LogP contribution in [0.4, 0.5) is 27.6 Å². The van der Waals surface area contributed by atoms with E-state index in [0.717, 1.165) is 23.0 Å². The molecule has 3 aromatic rings. The van der Waals surface area contributed by atoms with E-state index in [4.69, 9.17) is 0 Å². The number of anilines is 1. The minimum atomic E-state index is -4.70. The van der Waals surface area contributed by atoms with Crippen LogP contribution in [0.25, 0.3) is 11.1 Å². The second-order valence-corrected chi connectivity index (χ2v) is 6.55. The second kappa shape index (κ2) is 7.65. The number of halogens is 5. The summed E-state index contributed by atoms with van der Waals surface area (Å²) in [5.41, 5.74) is -0.360. The Labute approximate surface area is 163 Å². The van der Waals surface area contributed by atoms with Crippen molar-refractivity contribution in [2.75, 3.05) is 5.32 Å². The SMILES string of the molecule is Cc1ccc(-c2cc(F)ccc2NC(=O)Cc2cn(C)nc2C(F)(F)F)cc1F. The summed E-state index contributed by atoms with van der Waals surface area (Å²) in [7, 11) is 1.32. The average molecular weight is 409 g/mol. The first-order chi connectivity index (χ1) is 13.5. The van der Waals surface area contributed by atoms with Gasteiger partial charge in [0.25, 0.3) is 0 Å². The van der Waals surface area contributed by atoms with Crippen molar-refractivity contribution in [3.8, 4) is 11.1 Å². The van der Waals surface area contributed by atoms with E-state index in [9.17, 15) is 26.7 Å². The fourth-order valence-electron chi connectivity index (χ4n) is 2.90. The predicted octanol–water partition coefficient (Wildman–Crippen LogP) is 4.87. The van der Waals surface area contributed by atoms with Gasteiger partial charge in [0.1, 0.15) is 11.6 Å². The van der Waals surface area contributed by atoms with Gasteiger partial charge in [-0.15, -0.1) is 0 Å². The first-order valence-electron chi connectivity index (χ1n) is 8.50. The van der Waals surface area contributed by atoms with Crippen molar-refractivity contribution in [1.82, 2.24) is 9.78 Å². The summed E-state index contributed by atoms with van der Waals surface area (Å²) in [5, 5.41) is 5.83. The summed E-state index contributed by atoms with van der Waals surface area (Å²) in [4.78, 5) is 12.4. The van der Waals surface area contributed by atoms with Crippen molar-refractivity contribution in [1.29, 1.82) is 0 Å². The molecule has 0 spiro atoms. The van der Waals surface area contributed by atoms with E-state index in [1.54, 1.807) is 13.0 Å². The van der Waals surface area contributed by atoms with Crippen LogP contribution in [0.5, 0.6) is 0 Å². The molecule has 1 heterocycles.